The van der Waals surface area contributed by atoms with Gasteiger partial charge in [-0.15, -0.1) is 11.6 Å². The van der Waals surface area contributed by atoms with Crippen LogP contribution < -0.4 is 0 Å². The molecule has 0 aliphatic carbocycles. The van der Waals surface area contributed by atoms with Crippen molar-refractivity contribution in [1.29, 1.82) is 0 Å². The summed E-state index contributed by atoms with van der Waals surface area (Å²) >= 11 is 5.24. The normalized spacial score (nSPS) is 12.1. The highest BCUT2D eigenvalue weighted by Gasteiger charge is 2.22. The molecular formula is C8H12ClNO6S. The summed E-state index contributed by atoms with van der Waals surface area (Å²) in [5, 5.41) is 3.17. The lowest BCUT2D eigenvalue weighted by atomic mass is 10.3. The second-order valence-electron chi connectivity index (χ2n) is 2.95. The lowest BCUT2D eigenvalue weighted by molar-refractivity contribution is -0.135. The van der Waals surface area contributed by atoms with Crippen LogP contribution in [0.4, 0.5) is 0 Å². The molecule has 0 aliphatic rings. The van der Waals surface area contributed by atoms with Crippen LogP contribution >= 0.6 is 11.6 Å². The topological polar surface area (TPSA) is 99.1 Å². The highest BCUT2D eigenvalue weighted by molar-refractivity contribution is 7.90. The van der Waals surface area contributed by atoms with Gasteiger partial charge in [-0.3, -0.25) is 4.79 Å². The molecule has 0 spiro atoms. The van der Waals surface area contributed by atoms with E-state index < -0.39 is 33.2 Å². The van der Waals surface area contributed by atoms with Crippen LogP contribution in [0, 0.1) is 0 Å². The van der Waals surface area contributed by atoms with Crippen molar-refractivity contribution in [2.45, 2.75) is 0 Å². The largest absolute Gasteiger partial charge is 0.460 e. The van der Waals surface area contributed by atoms with Gasteiger partial charge in [0.25, 0.3) is 0 Å². The Kier molecular flexibility index (Phi) is 6.74. The van der Waals surface area contributed by atoms with E-state index in [-0.39, 0.29) is 12.4 Å². The molecule has 98 valence electrons. The monoisotopic (exact) mass is 285 g/mol. The number of hydrogen-bond donors (Lipinski definition) is 0. The van der Waals surface area contributed by atoms with Crippen molar-refractivity contribution in [3.63, 3.8) is 0 Å². The predicted octanol–water partition coefficient (Wildman–Crippen LogP) is -0.615. The van der Waals surface area contributed by atoms with Crippen LogP contribution in [0.1, 0.15) is 0 Å². The highest BCUT2D eigenvalue weighted by Crippen LogP contribution is 1.93. The van der Waals surface area contributed by atoms with E-state index in [0.29, 0.717) is 0 Å². The van der Waals surface area contributed by atoms with Crippen molar-refractivity contribution in [1.82, 2.24) is 0 Å². The number of rotatable bonds is 7. The molecule has 0 saturated carbocycles. The van der Waals surface area contributed by atoms with E-state index in [2.05, 4.69) is 14.7 Å². The van der Waals surface area contributed by atoms with Gasteiger partial charge >= 0.3 is 5.97 Å². The van der Waals surface area contributed by atoms with E-state index in [4.69, 9.17) is 11.6 Å². The van der Waals surface area contributed by atoms with Gasteiger partial charge in [0.15, 0.2) is 9.84 Å². The minimum Gasteiger partial charge on any atom is -0.460 e. The van der Waals surface area contributed by atoms with Crippen molar-refractivity contribution < 1.29 is 27.6 Å². The van der Waals surface area contributed by atoms with Gasteiger partial charge in [-0.1, -0.05) is 5.16 Å². The molecule has 0 aromatic rings. The van der Waals surface area contributed by atoms with Crippen molar-refractivity contribution in [2.75, 3.05) is 31.6 Å². The van der Waals surface area contributed by atoms with Gasteiger partial charge in [0, 0.05) is 6.26 Å². The third kappa shape index (κ3) is 6.90. The molecule has 17 heavy (non-hydrogen) atoms. The average Bonchev–Trinajstić information content (AvgIpc) is 2.22. The van der Waals surface area contributed by atoms with E-state index in [1.165, 1.54) is 0 Å². The number of carbonyl (C=O) groups excluding carboxylic acids is 2. The number of ketones is 1. The molecule has 0 rings (SSSR count). The first-order valence-electron chi connectivity index (χ1n) is 4.37. The van der Waals surface area contributed by atoms with E-state index in [1.54, 1.807) is 0 Å². The Bertz CT molecular complexity index is 416. The first-order valence-corrected chi connectivity index (χ1v) is 6.96. The smallest absolute Gasteiger partial charge is 0.364 e. The summed E-state index contributed by atoms with van der Waals surface area (Å²) < 4.78 is 26.1. The van der Waals surface area contributed by atoms with Crippen molar-refractivity contribution in [2.24, 2.45) is 5.16 Å². The van der Waals surface area contributed by atoms with Crippen LogP contribution in [0.3, 0.4) is 0 Å². The summed E-state index contributed by atoms with van der Waals surface area (Å²) in [4.78, 5) is 26.7. The van der Waals surface area contributed by atoms with Gasteiger partial charge in [0.2, 0.25) is 11.5 Å². The molecule has 9 heteroatoms. The first-order chi connectivity index (χ1) is 7.81. The molecule has 0 aromatic carbocycles. The Morgan fingerprint density at radius 1 is 1.35 bits per heavy atom. The zero-order chi connectivity index (χ0) is 13.5. The van der Waals surface area contributed by atoms with Crippen LogP contribution in [0.5, 0.6) is 0 Å². The fourth-order valence-corrected chi connectivity index (χ4v) is 1.22. The van der Waals surface area contributed by atoms with Crippen LogP contribution in [-0.2, 0) is 29.0 Å². The highest BCUT2D eigenvalue weighted by atomic mass is 35.5. The van der Waals surface area contributed by atoms with E-state index in [0.717, 1.165) is 13.4 Å². The summed E-state index contributed by atoms with van der Waals surface area (Å²) in [6.07, 6.45) is 0.995. The predicted molar refractivity (Wildman–Crippen MR) is 60.8 cm³/mol. The molecule has 0 aromatic heterocycles. The Labute approximate surface area is 104 Å². The van der Waals surface area contributed by atoms with E-state index in [1.807, 2.05) is 0 Å². The molecule has 0 heterocycles. The number of oxime groups is 1. The molecule has 0 unspecified atom stereocenters. The van der Waals surface area contributed by atoms with Crippen LogP contribution in [0.15, 0.2) is 5.16 Å². The molecule has 0 fully saturated rings. The molecule has 0 bridgehead atoms. The van der Waals surface area contributed by atoms with E-state index in [9.17, 15) is 18.0 Å². The molecule has 0 radical (unpaired) electrons. The van der Waals surface area contributed by atoms with Gasteiger partial charge < -0.3 is 9.57 Å². The van der Waals surface area contributed by atoms with Gasteiger partial charge in [-0.05, 0) is 0 Å². The molecule has 0 N–H and O–H groups in total. The Balaban J connectivity index is 4.46. The SMILES string of the molecule is CON=C(C(=O)CCl)C(=O)OCCS(C)(=O)=O. The molecular weight excluding hydrogens is 274 g/mol. The average molecular weight is 286 g/mol. The summed E-state index contributed by atoms with van der Waals surface area (Å²) in [6.45, 7) is -0.365. The number of Topliss-reactive ketones (excluding diaryl/α,β-unsaturated/α-hetero) is 1. The second kappa shape index (κ2) is 7.23. The molecule has 0 atom stereocenters. The quantitative estimate of drug-likeness (QED) is 0.203. The van der Waals surface area contributed by atoms with Gasteiger partial charge in [0.05, 0.1) is 11.6 Å². The van der Waals surface area contributed by atoms with Crippen molar-refractivity contribution in [3.8, 4) is 0 Å². The van der Waals surface area contributed by atoms with Gasteiger partial charge in [-0.2, -0.15) is 0 Å². The number of halogens is 1. The summed E-state index contributed by atoms with van der Waals surface area (Å²) in [5.74, 6) is -2.63. The number of carbonyl (C=O) groups is 2. The number of alkyl halides is 1. The Hall–Kier alpha value is -1.15. The summed E-state index contributed by atoms with van der Waals surface area (Å²) in [7, 11) is -2.10. The maximum atomic E-state index is 11.3. The van der Waals surface area contributed by atoms with Gasteiger partial charge in [0.1, 0.15) is 13.7 Å². The molecule has 0 aliphatic heterocycles. The number of sulfone groups is 1. The lowest BCUT2D eigenvalue weighted by Gasteiger charge is -2.04. The minimum absolute atomic E-state index is 0.339. The van der Waals surface area contributed by atoms with E-state index >= 15 is 0 Å². The molecule has 0 saturated heterocycles. The third-order valence-electron chi connectivity index (χ3n) is 1.45. The van der Waals surface area contributed by atoms with Crippen molar-refractivity contribution in [3.05, 3.63) is 0 Å². The number of nitrogens with zero attached hydrogens (tertiary/aromatic N) is 1. The van der Waals surface area contributed by atoms with Gasteiger partial charge in [-0.25, -0.2) is 13.2 Å². The standard InChI is InChI=1S/C8H12ClNO6S/c1-15-10-7(6(11)5-9)8(12)16-3-4-17(2,13)14/h3-5H2,1-2H3. The fraction of sp³-hybridized carbons (Fsp3) is 0.625. The zero-order valence-corrected chi connectivity index (χ0v) is 10.9. The number of esters is 1. The Morgan fingerprint density at radius 2 is 1.94 bits per heavy atom. The maximum Gasteiger partial charge on any atom is 0.364 e. The third-order valence-corrected chi connectivity index (χ3v) is 2.60. The molecule has 7 nitrogen and oxygen atoms in total. The first kappa shape index (κ1) is 15.9. The van der Waals surface area contributed by atoms with Crippen LogP contribution in [-0.4, -0.2) is 57.5 Å². The fourth-order valence-electron chi connectivity index (χ4n) is 0.711. The number of ether oxygens (including phenoxy) is 1. The summed E-state index contributed by atoms with van der Waals surface area (Å²) in [5.41, 5.74) is -0.601. The number of hydrogen-bond acceptors (Lipinski definition) is 7. The molecule has 0 amide bonds. The second-order valence-corrected chi connectivity index (χ2v) is 5.47. The maximum absolute atomic E-state index is 11.3. The van der Waals surface area contributed by atoms with Crippen molar-refractivity contribution >= 4 is 38.9 Å². The van der Waals surface area contributed by atoms with Crippen LogP contribution in [0.25, 0.3) is 0 Å². The lowest BCUT2D eigenvalue weighted by Crippen LogP contribution is -2.29. The zero-order valence-electron chi connectivity index (χ0n) is 9.30. The minimum atomic E-state index is -3.24. The Morgan fingerprint density at radius 3 is 2.35 bits per heavy atom. The summed E-state index contributed by atoms with van der Waals surface area (Å²) in [6, 6.07) is 0. The van der Waals surface area contributed by atoms with Crippen LogP contribution in [0.2, 0.25) is 0 Å².